The van der Waals surface area contributed by atoms with Gasteiger partial charge < -0.3 is 20.3 Å². The molecule has 1 heterocycles. The number of methoxy groups -OCH3 is 1. The minimum Gasteiger partial charge on any atom is -0.497 e. The highest BCUT2D eigenvalue weighted by molar-refractivity contribution is 5.88. The molecule has 0 spiro atoms. The van der Waals surface area contributed by atoms with Gasteiger partial charge in [-0.15, -0.1) is 0 Å². The van der Waals surface area contributed by atoms with Crippen LogP contribution >= 0.6 is 0 Å². The van der Waals surface area contributed by atoms with E-state index in [1.165, 1.54) is 0 Å². The van der Waals surface area contributed by atoms with E-state index in [1.807, 2.05) is 30.3 Å². The van der Waals surface area contributed by atoms with Crippen LogP contribution in [0.2, 0.25) is 0 Å². The van der Waals surface area contributed by atoms with Crippen LogP contribution in [0.1, 0.15) is 68.5 Å². The summed E-state index contributed by atoms with van der Waals surface area (Å²) < 4.78 is 5.35. The van der Waals surface area contributed by atoms with E-state index in [4.69, 9.17) is 4.74 Å². The second kappa shape index (κ2) is 12.2. The van der Waals surface area contributed by atoms with E-state index in [1.54, 1.807) is 7.11 Å². The van der Waals surface area contributed by atoms with Crippen molar-refractivity contribution in [1.82, 2.24) is 15.5 Å². The minimum atomic E-state index is -0.436. The fraction of sp³-hybridized carbons (Fsp3) is 0.517. The van der Waals surface area contributed by atoms with Gasteiger partial charge in [0.2, 0.25) is 11.8 Å². The van der Waals surface area contributed by atoms with E-state index in [9.17, 15) is 9.59 Å². The van der Waals surface area contributed by atoms with Gasteiger partial charge in [0.15, 0.2) is 0 Å². The summed E-state index contributed by atoms with van der Waals surface area (Å²) in [5, 5.41) is 6.64. The highest BCUT2D eigenvalue weighted by Gasteiger charge is 2.44. The van der Waals surface area contributed by atoms with Crippen LogP contribution in [0.25, 0.3) is 0 Å². The van der Waals surface area contributed by atoms with E-state index >= 15 is 0 Å². The van der Waals surface area contributed by atoms with Gasteiger partial charge in [0.05, 0.1) is 12.5 Å². The van der Waals surface area contributed by atoms with Crippen molar-refractivity contribution in [1.29, 1.82) is 0 Å². The first-order chi connectivity index (χ1) is 17.1. The summed E-state index contributed by atoms with van der Waals surface area (Å²) in [4.78, 5) is 28.7. The first kappa shape index (κ1) is 25.2. The van der Waals surface area contributed by atoms with Gasteiger partial charge in [-0.3, -0.25) is 9.59 Å². The number of nitrogens with zero attached hydrogens (tertiary/aromatic N) is 1. The summed E-state index contributed by atoms with van der Waals surface area (Å²) >= 11 is 0. The lowest BCUT2D eigenvalue weighted by molar-refractivity contribution is -0.137. The molecule has 2 fully saturated rings. The molecule has 0 aromatic heterocycles. The number of benzene rings is 2. The smallest absolute Gasteiger partial charge is 0.233 e. The van der Waals surface area contributed by atoms with Crippen LogP contribution in [-0.4, -0.2) is 50.0 Å². The monoisotopic (exact) mass is 477 g/mol. The quantitative estimate of drug-likeness (QED) is 0.687. The molecule has 2 amide bonds. The third-order valence-corrected chi connectivity index (χ3v) is 7.56. The molecule has 188 valence electrons. The first-order valence-corrected chi connectivity index (χ1v) is 13.1. The van der Waals surface area contributed by atoms with Crippen molar-refractivity contribution in [2.24, 2.45) is 0 Å². The lowest BCUT2D eigenvalue weighted by Crippen LogP contribution is -2.46. The van der Waals surface area contributed by atoms with E-state index in [-0.39, 0.29) is 17.9 Å². The van der Waals surface area contributed by atoms with Gasteiger partial charge >= 0.3 is 0 Å². The molecule has 1 saturated carbocycles. The summed E-state index contributed by atoms with van der Waals surface area (Å²) in [6.07, 6.45) is 7.01. The molecule has 1 atom stereocenters. The van der Waals surface area contributed by atoms with Crippen molar-refractivity contribution in [3.8, 4) is 5.75 Å². The van der Waals surface area contributed by atoms with E-state index in [2.05, 4.69) is 39.8 Å². The van der Waals surface area contributed by atoms with Crippen molar-refractivity contribution in [2.45, 2.75) is 62.8 Å². The molecule has 0 radical (unpaired) electrons. The third-order valence-electron chi connectivity index (χ3n) is 7.56. The van der Waals surface area contributed by atoms with Crippen molar-refractivity contribution in [3.63, 3.8) is 0 Å². The Hall–Kier alpha value is -2.86. The molecule has 6 nitrogen and oxygen atoms in total. The predicted molar refractivity (Wildman–Crippen MR) is 138 cm³/mol. The standard InChI is InChI=1S/C29H39N3O3/c1-35-25-14-12-24(13-15-25)29(16-5-6-17-29)28(34)32-20-8-7-18-31-27(33)22-26(30-19-9-21-32)23-10-3-2-4-11-23/h2-4,10-15,26,30H,5-9,16-22H2,1H3,(H,31,33). The SMILES string of the molecule is COc1ccc(C2(C(=O)N3CCCCNC(=O)CC(c4ccccc4)NCCC3)CCCC2)cc1. The zero-order valence-electron chi connectivity index (χ0n) is 20.9. The molecular formula is C29H39N3O3. The first-order valence-electron chi connectivity index (χ1n) is 13.1. The number of carbonyl (C=O) groups is 2. The van der Waals surface area contributed by atoms with Crippen molar-refractivity contribution < 1.29 is 14.3 Å². The number of hydrogen-bond acceptors (Lipinski definition) is 4. The maximum Gasteiger partial charge on any atom is 0.233 e. The fourth-order valence-electron chi connectivity index (χ4n) is 5.58. The van der Waals surface area contributed by atoms with Crippen LogP contribution < -0.4 is 15.4 Å². The normalized spacial score (nSPS) is 21.8. The molecule has 0 bridgehead atoms. The Morgan fingerprint density at radius 2 is 1.63 bits per heavy atom. The topological polar surface area (TPSA) is 70.7 Å². The maximum atomic E-state index is 14.1. The molecule has 1 aliphatic carbocycles. The average Bonchev–Trinajstić information content (AvgIpc) is 3.40. The van der Waals surface area contributed by atoms with Crippen LogP contribution in [0, 0.1) is 0 Å². The van der Waals surface area contributed by atoms with Crippen LogP contribution in [0.5, 0.6) is 5.75 Å². The average molecular weight is 478 g/mol. The van der Waals surface area contributed by atoms with Gasteiger partial charge in [-0.1, -0.05) is 55.3 Å². The van der Waals surface area contributed by atoms with Crippen molar-refractivity contribution >= 4 is 11.8 Å². The van der Waals surface area contributed by atoms with Crippen LogP contribution in [0.15, 0.2) is 54.6 Å². The fourth-order valence-corrected chi connectivity index (χ4v) is 5.58. The van der Waals surface area contributed by atoms with E-state index < -0.39 is 5.41 Å². The largest absolute Gasteiger partial charge is 0.497 e. The Morgan fingerprint density at radius 1 is 0.914 bits per heavy atom. The molecule has 1 saturated heterocycles. The Balaban J connectivity index is 1.49. The Kier molecular flexibility index (Phi) is 8.80. The molecule has 2 aliphatic rings. The number of rotatable bonds is 4. The third kappa shape index (κ3) is 6.23. The zero-order chi connectivity index (χ0) is 24.5. The number of amides is 2. The number of hydrogen-bond donors (Lipinski definition) is 2. The van der Waals surface area contributed by atoms with Crippen molar-refractivity contribution in [2.75, 3.05) is 33.3 Å². The summed E-state index contributed by atoms with van der Waals surface area (Å²) in [6.45, 7) is 2.86. The lowest BCUT2D eigenvalue weighted by Gasteiger charge is -2.35. The summed E-state index contributed by atoms with van der Waals surface area (Å²) in [7, 11) is 1.67. The summed E-state index contributed by atoms with van der Waals surface area (Å²) in [5.74, 6) is 1.15. The Bertz CT molecular complexity index is 955. The molecule has 2 aromatic carbocycles. The van der Waals surface area contributed by atoms with Gasteiger partial charge in [0, 0.05) is 32.1 Å². The predicted octanol–water partition coefficient (Wildman–Crippen LogP) is 4.36. The maximum absolute atomic E-state index is 14.1. The molecule has 35 heavy (non-hydrogen) atoms. The van der Waals surface area contributed by atoms with Crippen LogP contribution in [-0.2, 0) is 15.0 Å². The second-order valence-electron chi connectivity index (χ2n) is 9.84. The second-order valence-corrected chi connectivity index (χ2v) is 9.84. The molecule has 2 N–H and O–H groups in total. The molecular weight excluding hydrogens is 438 g/mol. The van der Waals surface area contributed by atoms with Gasteiger partial charge in [0.1, 0.15) is 5.75 Å². The summed E-state index contributed by atoms with van der Waals surface area (Å²) in [5.41, 5.74) is 1.79. The van der Waals surface area contributed by atoms with Crippen LogP contribution in [0.3, 0.4) is 0 Å². The lowest BCUT2D eigenvalue weighted by atomic mass is 9.77. The molecule has 2 aromatic rings. The minimum absolute atomic E-state index is 0.0263. The molecule has 4 rings (SSSR count). The van der Waals surface area contributed by atoms with E-state index in [0.717, 1.165) is 81.5 Å². The Labute approximate surface area is 209 Å². The number of nitrogens with one attached hydrogen (secondary N) is 2. The van der Waals surface area contributed by atoms with Gasteiger partial charge in [-0.25, -0.2) is 0 Å². The highest BCUT2D eigenvalue weighted by Crippen LogP contribution is 2.43. The van der Waals surface area contributed by atoms with Crippen LogP contribution in [0.4, 0.5) is 0 Å². The van der Waals surface area contributed by atoms with E-state index in [0.29, 0.717) is 13.0 Å². The summed E-state index contributed by atoms with van der Waals surface area (Å²) in [6, 6.07) is 18.2. The number of carbonyl (C=O) groups excluding carboxylic acids is 2. The zero-order valence-corrected chi connectivity index (χ0v) is 20.9. The highest BCUT2D eigenvalue weighted by atomic mass is 16.5. The molecule has 1 aliphatic heterocycles. The van der Waals surface area contributed by atoms with Gasteiger partial charge in [-0.05, 0) is 61.9 Å². The Morgan fingerprint density at radius 3 is 2.34 bits per heavy atom. The molecule has 1 unspecified atom stereocenters. The number of ether oxygens (including phenoxy) is 1. The van der Waals surface area contributed by atoms with Gasteiger partial charge in [-0.2, -0.15) is 0 Å². The molecule has 6 heteroatoms. The van der Waals surface area contributed by atoms with Crippen molar-refractivity contribution in [3.05, 3.63) is 65.7 Å². The van der Waals surface area contributed by atoms with Gasteiger partial charge in [0.25, 0.3) is 0 Å².